The molecule has 3 rings (SSSR count). The fourth-order valence-electron chi connectivity index (χ4n) is 3.86. The molecule has 0 saturated carbocycles. The summed E-state index contributed by atoms with van der Waals surface area (Å²) in [5, 5.41) is 18.3. The third-order valence-corrected chi connectivity index (χ3v) is 6.17. The Bertz CT molecular complexity index is 1340. The van der Waals surface area contributed by atoms with Gasteiger partial charge >= 0.3 is 11.9 Å². The number of hydrogen-bond acceptors (Lipinski definition) is 6. The van der Waals surface area contributed by atoms with Gasteiger partial charge in [0.05, 0.1) is 50.8 Å². The van der Waals surface area contributed by atoms with Crippen LogP contribution in [0.1, 0.15) is 54.1 Å². The lowest BCUT2D eigenvalue weighted by Crippen LogP contribution is -2.08. The Hall–Kier alpha value is -4.44. The zero-order valence-electron chi connectivity index (χ0n) is 23.8. The Morgan fingerprint density at radius 3 is 1.29 bits per heavy atom. The van der Waals surface area contributed by atoms with Crippen LogP contribution in [0.3, 0.4) is 0 Å². The van der Waals surface area contributed by atoms with Gasteiger partial charge in [0.2, 0.25) is 0 Å². The van der Waals surface area contributed by atoms with E-state index in [-0.39, 0.29) is 11.1 Å². The summed E-state index contributed by atoms with van der Waals surface area (Å²) < 4.78 is 21.6. The molecule has 0 bridgehead atoms. The first kappa shape index (κ1) is 32.1. The van der Waals surface area contributed by atoms with Crippen LogP contribution >= 0.6 is 0 Å². The molecule has 0 saturated heterocycles. The molecule has 8 heteroatoms. The second kappa shape index (κ2) is 17.4. The molecule has 0 unspecified atom stereocenters. The maximum atomic E-state index is 11.2. The second-order valence-electron chi connectivity index (χ2n) is 9.14. The Morgan fingerprint density at radius 2 is 0.952 bits per heavy atom. The lowest BCUT2D eigenvalue weighted by atomic mass is 9.95. The quantitative estimate of drug-likeness (QED) is 0.218. The number of hydrogen-bond donors (Lipinski definition) is 2. The van der Waals surface area contributed by atoms with Gasteiger partial charge in [-0.3, -0.25) is 0 Å². The van der Waals surface area contributed by atoms with Gasteiger partial charge in [-0.1, -0.05) is 23.7 Å². The molecule has 3 aromatic carbocycles. The monoisotopic (exact) mass is 570 g/mol. The summed E-state index contributed by atoms with van der Waals surface area (Å²) in [7, 11) is 3.25. The van der Waals surface area contributed by atoms with Gasteiger partial charge in [-0.15, -0.1) is 0 Å². The Labute approximate surface area is 246 Å². The molecule has 2 N–H and O–H groups in total. The van der Waals surface area contributed by atoms with E-state index in [0.29, 0.717) is 63.6 Å². The van der Waals surface area contributed by atoms with Gasteiger partial charge in [-0.25, -0.2) is 9.59 Å². The molecule has 0 amide bonds. The summed E-state index contributed by atoms with van der Waals surface area (Å²) in [5.41, 5.74) is 5.33. The molecule has 0 atom stereocenters. The first-order valence-corrected chi connectivity index (χ1v) is 13.4. The molecule has 0 radical (unpaired) electrons. The molecule has 0 spiro atoms. The van der Waals surface area contributed by atoms with Crippen molar-refractivity contribution in [3.05, 3.63) is 105 Å². The number of carboxylic acid groups (broad SMARTS) is 2. The first-order chi connectivity index (χ1) is 20.4. The number of ether oxygens (including phenoxy) is 4. The first-order valence-electron chi connectivity index (χ1n) is 13.4. The zero-order chi connectivity index (χ0) is 30.2. The van der Waals surface area contributed by atoms with E-state index < -0.39 is 11.9 Å². The molecular weight excluding hydrogens is 536 g/mol. The predicted octanol–water partition coefficient (Wildman–Crippen LogP) is 4.29. The highest BCUT2D eigenvalue weighted by atomic mass is 16.5. The third-order valence-electron chi connectivity index (χ3n) is 6.17. The molecule has 0 aliphatic carbocycles. The van der Waals surface area contributed by atoms with Gasteiger partial charge in [-0.2, -0.15) is 0 Å². The maximum Gasteiger partial charge on any atom is 0.335 e. The average Bonchev–Trinajstić information content (AvgIpc) is 3.00. The van der Waals surface area contributed by atoms with Gasteiger partial charge in [0.25, 0.3) is 0 Å². The third kappa shape index (κ3) is 10.5. The van der Waals surface area contributed by atoms with Crippen LogP contribution in [0.4, 0.5) is 0 Å². The molecule has 0 aliphatic heterocycles. The number of benzene rings is 3. The fraction of sp³-hybridized carbons (Fsp3) is 0.294. The van der Waals surface area contributed by atoms with Crippen LogP contribution in [0.5, 0.6) is 0 Å². The molecule has 42 heavy (non-hydrogen) atoms. The van der Waals surface area contributed by atoms with Gasteiger partial charge in [0.1, 0.15) is 0 Å². The SMILES string of the molecule is COCCOCCc1cc(C#Cc2ccc(C(=O)O)cc2)c(CCOCCOC)cc1C#Cc1ccc(C(=O)O)cc1. The van der Waals surface area contributed by atoms with E-state index in [4.69, 9.17) is 18.9 Å². The number of carboxylic acids is 2. The average molecular weight is 571 g/mol. The van der Waals surface area contributed by atoms with Crippen LogP contribution in [-0.2, 0) is 31.8 Å². The van der Waals surface area contributed by atoms with E-state index in [0.717, 1.165) is 22.3 Å². The van der Waals surface area contributed by atoms with Gasteiger partial charge < -0.3 is 29.2 Å². The second-order valence-corrected chi connectivity index (χ2v) is 9.14. The standard InChI is InChI=1S/C34H34O8/c1-39-19-21-41-17-15-31-23-30(14-8-26-5-11-28(12-6-26)34(37)38)32(16-18-42-22-20-40-2)24-29(31)13-7-25-3-9-27(10-4-25)33(35)36/h3-6,9-12,23-24H,15-22H2,1-2H3,(H,35,36)(H,37,38). The van der Waals surface area contributed by atoms with Crippen molar-refractivity contribution in [3.63, 3.8) is 0 Å². The van der Waals surface area contributed by atoms with Crippen LogP contribution in [0.25, 0.3) is 0 Å². The van der Waals surface area contributed by atoms with Crippen LogP contribution in [0.15, 0.2) is 60.7 Å². The summed E-state index contributed by atoms with van der Waals surface area (Å²) >= 11 is 0. The summed E-state index contributed by atoms with van der Waals surface area (Å²) in [6.07, 6.45) is 1.19. The molecular formula is C34H34O8. The molecule has 0 fully saturated rings. The lowest BCUT2D eigenvalue weighted by molar-refractivity contribution is 0.0686. The van der Waals surface area contributed by atoms with Crippen molar-refractivity contribution in [2.45, 2.75) is 12.8 Å². The van der Waals surface area contributed by atoms with Crippen LogP contribution in [-0.4, -0.2) is 76.0 Å². The normalized spacial score (nSPS) is 10.3. The molecule has 0 aliphatic rings. The van der Waals surface area contributed by atoms with Crippen molar-refractivity contribution < 1.29 is 38.7 Å². The lowest BCUT2D eigenvalue weighted by Gasteiger charge is -2.12. The van der Waals surface area contributed by atoms with Crippen LogP contribution in [0, 0.1) is 23.7 Å². The Balaban J connectivity index is 1.98. The summed E-state index contributed by atoms with van der Waals surface area (Å²) in [4.78, 5) is 22.4. The highest BCUT2D eigenvalue weighted by Gasteiger charge is 2.10. The van der Waals surface area contributed by atoms with E-state index in [1.165, 1.54) is 24.3 Å². The van der Waals surface area contributed by atoms with Crippen molar-refractivity contribution in [2.75, 3.05) is 53.9 Å². The van der Waals surface area contributed by atoms with Gasteiger partial charge in [-0.05, 0) is 84.6 Å². The zero-order valence-corrected chi connectivity index (χ0v) is 23.8. The topological polar surface area (TPSA) is 112 Å². The molecule has 0 aromatic heterocycles. The summed E-state index contributed by atoms with van der Waals surface area (Å²) in [6, 6.07) is 16.9. The maximum absolute atomic E-state index is 11.2. The Morgan fingerprint density at radius 1 is 0.571 bits per heavy atom. The van der Waals surface area contributed by atoms with Gasteiger partial charge in [0, 0.05) is 36.5 Å². The van der Waals surface area contributed by atoms with E-state index >= 15 is 0 Å². The Kier molecular flexibility index (Phi) is 13.3. The molecule has 0 heterocycles. The van der Waals surface area contributed by atoms with E-state index in [1.807, 2.05) is 12.1 Å². The van der Waals surface area contributed by atoms with E-state index in [2.05, 4.69) is 23.7 Å². The van der Waals surface area contributed by atoms with E-state index in [1.54, 1.807) is 38.5 Å². The predicted molar refractivity (Wildman–Crippen MR) is 158 cm³/mol. The smallest absolute Gasteiger partial charge is 0.335 e. The molecule has 218 valence electrons. The molecule has 3 aromatic rings. The van der Waals surface area contributed by atoms with Crippen molar-refractivity contribution in [3.8, 4) is 23.7 Å². The number of carbonyl (C=O) groups is 2. The van der Waals surface area contributed by atoms with Crippen molar-refractivity contribution in [1.82, 2.24) is 0 Å². The van der Waals surface area contributed by atoms with Crippen molar-refractivity contribution >= 4 is 11.9 Å². The van der Waals surface area contributed by atoms with Crippen LogP contribution in [0.2, 0.25) is 0 Å². The fourth-order valence-corrected chi connectivity index (χ4v) is 3.86. The minimum Gasteiger partial charge on any atom is -0.478 e. The van der Waals surface area contributed by atoms with E-state index in [9.17, 15) is 19.8 Å². The summed E-state index contributed by atoms with van der Waals surface area (Å²) in [5.74, 6) is 10.8. The minimum absolute atomic E-state index is 0.200. The summed E-state index contributed by atoms with van der Waals surface area (Å²) in [6.45, 7) is 2.88. The number of rotatable bonds is 14. The van der Waals surface area contributed by atoms with Crippen molar-refractivity contribution in [1.29, 1.82) is 0 Å². The minimum atomic E-state index is -0.989. The van der Waals surface area contributed by atoms with Gasteiger partial charge in [0.15, 0.2) is 0 Å². The number of methoxy groups -OCH3 is 2. The van der Waals surface area contributed by atoms with Crippen molar-refractivity contribution in [2.24, 2.45) is 0 Å². The number of aromatic carboxylic acids is 2. The highest BCUT2D eigenvalue weighted by Crippen LogP contribution is 2.19. The largest absolute Gasteiger partial charge is 0.478 e. The molecule has 8 nitrogen and oxygen atoms in total. The van der Waals surface area contributed by atoms with Crippen LogP contribution < -0.4 is 0 Å². The highest BCUT2D eigenvalue weighted by molar-refractivity contribution is 5.88.